The molecule has 27 heavy (non-hydrogen) atoms. The Morgan fingerprint density at radius 3 is 2.56 bits per heavy atom. The number of hydrogen-bond acceptors (Lipinski definition) is 4. The van der Waals surface area contributed by atoms with Crippen molar-refractivity contribution in [3.63, 3.8) is 0 Å². The zero-order chi connectivity index (χ0) is 18.8. The first kappa shape index (κ1) is 24.9. The molecule has 0 spiro atoms. The molecule has 0 radical (unpaired) electrons. The Hall–Kier alpha value is -0.120. The van der Waals surface area contributed by atoms with Gasteiger partial charge >= 0.3 is 0 Å². The van der Waals surface area contributed by atoms with Gasteiger partial charge in [0.05, 0.1) is 6.54 Å². The van der Waals surface area contributed by atoms with Gasteiger partial charge in [-0.3, -0.25) is 9.89 Å². The molecule has 2 saturated heterocycles. The Balaban J connectivity index is 0.00000364. The number of hydrogen-bond donors (Lipinski definition) is 2. The third-order valence-electron chi connectivity index (χ3n) is 6.16. The second-order valence-corrected chi connectivity index (χ2v) is 7.95. The van der Waals surface area contributed by atoms with E-state index < -0.39 is 0 Å². The summed E-state index contributed by atoms with van der Waals surface area (Å²) in [6.45, 7) is 11.1. The second-order valence-electron chi connectivity index (χ2n) is 7.95. The normalized spacial score (nSPS) is 23.7. The first-order valence-corrected chi connectivity index (χ1v) is 10.6. The highest BCUT2D eigenvalue weighted by Crippen LogP contribution is 2.26. The molecule has 2 heterocycles. The summed E-state index contributed by atoms with van der Waals surface area (Å²) in [7, 11) is 4.34. The van der Waals surface area contributed by atoms with E-state index in [2.05, 4.69) is 48.4 Å². The Bertz CT molecular complexity index is 427. The minimum absolute atomic E-state index is 0. The number of nitrogens with one attached hydrogen (secondary N) is 2. The number of nitrogens with zero attached hydrogens (tertiary/aromatic N) is 3. The molecule has 0 bridgehead atoms. The molecule has 0 aromatic heterocycles. The van der Waals surface area contributed by atoms with Crippen LogP contribution >= 0.6 is 24.0 Å². The van der Waals surface area contributed by atoms with Crippen LogP contribution in [0.5, 0.6) is 0 Å². The molecule has 0 aliphatic carbocycles. The predicted octanol–water partition coefficient (Wildman–Crippen LogP) is 2.53. The summed E-state index contributed by atoms with van der Waals surface area (Å²) in [5.74, 6) is 0.949. The molecular formula is C20H42IN5O. The summed E-state index contributed by atoms with van der Waals surface area (Å²) in [5, 5.41) is 6.97. The van der Waals surface area contributed by atoms with Gasteiger partial charge in [0.1, 0.15) is 0 Å². The molecule has 2 aliphatic heterocycles. The van der Waals surface area contributed by atoms with Crippen molar-refractivity contribution < 1.29 is 4.74 Å². The van der Waals surface area contributed by atoms with Crippen molar-refractivity contribution in [3.8, 4) is 0 Å². The van der Waals surface area contributed by atoms with Gasteiger partial charge in [-0.1, -0.05) is 13.3 Å². The fourth-order valence-electron chi connectivity index (χ4n) is 4.20. The summed E-state index contributed by atoms with van der Waals surface area (Å²) in [6.07, 6.45) is 7.46. The van der Waals surface area contributed by atoms with Crippen molar-refractivity contribution in [2.45, 2.75) is 64.0 Å². The molecule has 6 nitrogen and oxygen atoms in total. The molecule has 1 atom stereocenters. The van der Waals surface area contributed by atoms with Gasteiger partial charge in [-0.05, 0) is 59.7 Å². The van der Waals surface area contributed by atoms with Crippen LogP contribution in [-0.2, 0) is 4.74 Å². The first-order valence-electron chi connectivity index (χ1n) is 10.6. The van der Waals surface area contributed by atoms with Crippen LogP contribution in [0.25, 0.3) is 0 Å². The van der Waals surface area contributed by atoms with Gasteiger partial charge in [-0.25, -0.2) is 0 Å². The highest BCUT2D eigenvalue weighted by Gasteiger charge is 2.34. The number of aliphatic imine (C=N–C) groups is 1. The van der Waals surface area contributed by atoms with Gasteiger partial charge in [-0.15, -0.1) is 24.0 Å². The van der Waals surface area contributed by atoms with E-state index in [9.17, 15) is 0 Å². The zero-order valence-corrected chi connectivity index (χ0v) is 20.3. The minimum Gasteiger partial charge on any atom is -0.381 e. The lowest BCUT2D eigenvalue weighted by Crippen LogP contribution is -2.52. The van der Waals surface area contributed by atoms with Crippen molar-refractivity contribution in [1.82, 2.24) is 20.4 Å². The fourth-order valence-corrected chi connectivity index (χ4v) is 4.20. The summed E-state index contributed by atoms with van der Waals surface area (Å²) < 4.78 is 5.57. The summed E-state index contributed by atoms with van der Waals surface area (Å²) >= 11 is 0. The Morgan fingerprint density at radius 1 is 1.19 bits per heavy atom. The molecule has 0 aromatic carbocycles. The Morgan fingerprint density at radius 2 is 1.93 bits per heavy atom. The van der Waals surface area contributed by atoms with Crippen molar-refractivity contribution >= 4 is 29.9 Å². The molecule has 2 aliphatic rings. The van der Waals surface area contributed by atoms with Crippen LogP contribution < -0.4 is 10.6 Å². The van der Waals surface area contributed by atoms with Crippen LogP contribution in [-0.4, -0.2) is 87.4 Å². The number of likely N-dealkylation sites (tertiary alicyclic amines) is 1. The van der Waals surface area contributed by atoms with Gasteiger partial charge in [-0.2, -0.15) is 0 Å². The lowest BCUT2D eigenvalue weighted by molar-refractivity contribution is -0.00255. The summed E-state index contributed by atoms with van der Waals surface area (Å²) in [4.78, 5) is 9.92. The molecule has 0 saturated carbocycles. The Kier molecular flexibility index (Phi) is 12.2. The van der Waals surface area contributed by atoms with Crippen molar-refractivity contribution in [2.75, 3.05) is 60.0 Å². The van der Waals surface area contributed by atoms with Gasteiger partial charge in [0.15, 0.2) is 5.96 Å². The third kappa shape index (κ3) is 7.66. The average Bonchev–Trinajstić information content (AvgIpc) is 2.67. The number of halogens is 1. The van der Waals surface area contributed by atoms with E-state index in [4.69, 9.17) is 9.73 Å². The summed E-state index contributed by atoms with van der Waals surface area (Å²) in [5.41, 5.74) is 0.126. The van der Waals surface area contributed by atoms with Crippen LogP contribution in [0.1, 0.15) is 52.4 Å². The standard InChI is InChI=1S/C20H41N5O.HI/c1-5-18-9-7-8-13-25(18)14-12-22-19(21-6-2)23-17-20(24(3)4)10-15-26-16-11-20;/h18H,5-17H2,1-4H3,(H2,21,22,23);1H. The molecular weight excluding hydrogens is 453 g/mol. The molecule has 7 heteroatoms. The highest BCUT2D eigenvalue weighted by molar-refractivity contribution is 14.0. The van der Waals surface area contributed by atoms with E-state index in [-0.39, 0.29) is 29.5 Å². The molecule has 160 valence electrons. The second kappa shape index (κ2) is 13.2. The van der Waals surface area contributed by atoms with E-state index in [1.165, 1.54) is 32.2 Å². The maximum Gasteiger partial charge on any atom is 0.191 e. The monoisotopic (exact) mass is 495 g/mol. The molecule has 0 amide bonds. The summed E-state index contributed by atoms with van der Waals surface area (Å²) in [6, 6.07) is 0.768. The van der Waals surface area contributed by atoms with Gasteiger partial charge in [0, 0.05) is 44.4 Å². The number of piperidine rings is 1. The van der Waals surface area contributed by atoms with E-state index >= 15 is 0 Å². The molecule has 0 aromatic rings. The van der Waals surface area contributed by atoms with Crippen molar-refractivity contribution in [1.29, 1.82) is 0 Å². The highest BCUT2D eigenvalue weighted by atomic mass is 127. The minimum atomic E-state index is 0. The smallest absolute Gasteiger partial charge is 0.191 e. The number of ether oxygens (including phenoxy) is 1. The van der Waals surface area contributed by atoms with Crippen LogP contribution in [0, 0.1) is 0 Å². The Labute approximate surface area is 183 Å². The maximum absolute atomic E-state index is 5.57. The van der Waals surface area contributed by atoms with Crippen LogP contribution in [0.3, 0.4) is 0 Å². The van der Waals surface area contributed by atoms with E-state index in [1.54, 1.807) is 0 Å². The maximum atomic E-state index is 5.57. The molecule has 2 rings (SSSR count). The van der Waals surface area contributed by atoms with Crippen molar-refractivity contribution in [3.05, 3.63) is 0 Å². The topological polar surface area (TPSA) is 52.1 Å². The SMILES string of the molecule is CCNC(=NCC1(N(C)C)CCOCC1)NCCN1CCCCC1CC.I. The zero-order valence-electron chi connectivity index (χ0n) is 17.9. The number of likely N-dealkylation sites (N-methyl/N-ethyl adjacent to an activating group) is 1. The molecule has 2 N–H and O–H groups in total. The first-order chi connectivity index (χ1) is 12.6. The number of rotatable bonds is 8. The van der Waals surface area contributed by atoms with Gasteiger partial charge in [0.2, 0.25) is 0 Å². The van der Waals surface area contributed by atoms with E-state index in [1.807, 2.05) is 0 Å². The third-order valence-corrected chi connectivity index (χ3v) is 6.16. The average molecular weight is 495 g/mol. The lowest BCUT2D eigenvalue weighted by Gasteiger charge is -2.41. The van der Waals surface area contributed by atoms with Crippen LogP contribution in [0.2, 0.25) is 0 Å². The van der Waals surface area contributed by atoms with Gasteiger partial charge in [0.25, 0.3) is 0 Å². The quantitative estimate of drug-likeness (QED) is 0.308. The number of guanidine groups is 1. The van der Waals surface area contributed by atoms with Gasteiger partial charge < -0.3 is 20.3 Å². The van der Waals surface area contributed by atoms with E-state index in [0.29, 0.717) is 0 Å². The largest absolute Gasteiger partial charge is 0.381 e. The molecule has 1 unspecified atom stereocenters. The van der Waals surface area contributed by atoms with E-state index in [0.717, 1.165) is 64.2 Å². The predicted molar refractivity (Wildman–Crippen MR) is 125 cm³/mol. The van der Waals surface area contributed by atoms with Crippen LogP contribution in [0.15, 0.2) is 4.99 Å². The lowest BCUT2D eigenvalue weighted by atomic mass is 9.89. The molecule has 2 fully saturated rings. The van der Waals surface area contributed by atoms with Crippen LogP contribution in [0.4, 0.5) is 0 Å². The van der Waals surface area contributed by atoms with Crippen molar-refractivity contribution in [2.24, 2.45) is 4.99 Å². The fraction of sp³-hybridized carbons (Fsp3) is 0.950.